The van der Waals surface area contributed by atoms with Gasteiger partial charge in [0, 0.05) is 32.5 Å². The molecule has 6 heteroatoms. The van der Waals surface area contributed by atoms with Crippen molar-refractivity contribution in [2.24, 2.45) is 0 Å². The standard InChI is InChI=1S/C20H14Cl2N2O2/c21-15-8-4-7-14(9-15)20(26)24-18-11-16(22)10-17(12-18)23-19(25)13-5-2-1-3-6-13/h1-12H,(H,23,25)(H,24,26). The van der Waals surface area contributed by atoms with Gasteiger partial charge in [0.1, 0.15) is 0 Å². The molecule has 0 aliphatic rings. The van der Waals surface area contributed by atoms with Gasteiger partial charge in [-0.1, -0.05) is 47.5 Å². The van der Waals surface area contributed by atoms with Gasteiger partial charge >= 0.3 is 0 Å². The lowest BCUT2D eigenvalue weighted by Crippen LogP contribution is -2.14. The van der Waals surface area contributed by atoms with Gasteiger partial charge in [-0.2, -0.15) is 0 Å². The van der Waals surface area contributed by atoms with Crippen LogP contribution in [0.3, 0.4) is 0 Å². The van der Waals surface area contributed by atoms with E-state index < -0.39 is 0 Å². The summed E-state index contributed by atoms with van der Waals surface area (Å²) in [4.78, 5) is 24.6. The molecule has 2 amide bonds. The number of anilines is 2. The zero-order chi connectivity index (χ0) is 18.5. The van der Waals surface area contributed by atoms with Crippen molar-refractivity contribution in [1.82, 2.24) is 0 Å². The Labute approximate surface area is 160 Å². The van der Waals surface area contributed by atoms with E-state index in [-0.39, 0.29) is 11.8 Å². The molecule has 0 bridgehead atoms. The quantitative estimate of drug-likeness (QED) is 0.623. The number of carbonyl (C=O) groups is 2. The van der Waals surface area contributed by atoms with Crippen LogP contribution in [0.4, 0.5) is 11.4 Å². The van der Waals surface area contributed by atoms with Crippen molar-refractivity contribution in [3.63, 3.8) is 0 Å². The van der Waals surface area contributed by atoms with Crippen LogP contribution in [0.1, 0.15) is 20.7 Å². The van der Waals surface area contributed by atoms with E-state index in [0.717, 1.165) is 0 Å². The molecule has 3 aromatic carbocycles. The van der Waals surface area contributed by atoms with E-state index in [0.29, 0.717) is 32.5 Å². The minimum atomic E-state index is -0.324. The second-order valence-corrected chi connectivity index (χ2v) is 6.39. The highest BCUT2D eigenvalue weighted by Gasteiger charge is 2.10. The zero-order valence-corrected chi connectivity index (χ0v) is 15.0. The third-order valence-corrected chi connectivity index (χ3v) is 3.99. The first kappa shape index (κ1) is 18.0. The second-order valence-electron chi connectivity index (χ2n) is 5.51. The zero-order valence-electron chi connectivity index (χ0n) is 13.5. The average Bonchev–Trinajstić information content (AvgIpc) is 2.62. The van der Waals surface area contributed by atoms with E-state index in [9.17, 15) is 9.59 Å². The summed E-state index contributed by atoms with van der Waals surface area (Å²) in [6, 6.07) is 20.3. The highest BCUT2D eigenvalue weighted by molar-refractivity contribution is 6.31. The average molecular weight is 385 g/mol. The summed E-state index contributed by atoms with van der Waals surface area (Å²) in [5.74, 6) is -0.588. The Morgan fingerprint density at radius 1 is 0.615 bits per heavy atom. The van der Waals surface area contributed by atoms with Crippen molar-refractivity contribution in [3.8, 4) is 0 Å². The Kier molecular flexibility index (Phi) is 5.56. The van der Waals surface area contributed by atoms with Gasteiger partial charge in [-0.15, -0.1) is 0 Å². The molecule has 3 aromatic rings. The van der Waals surface area contributed by atoms with Crippen LogP contribution < -0.4 is 10.6 Å². The SMILES string of the molecule is O=C(Nc1cc(Cl)cc(NC(=O)c2cccc(Cl)c2)c1)c1ccccc1. The van der Waals surface area contributed by atoms with Crippen molar-refractivity contribution in [2.45, 2.75) is 0 Å². The summed E-state index contributed by atoms with van der Waals surface area (Å²) < 4.78 is 0. The number of hydrogen-bond donors (Lipinski definition) is 2. The summed E-state index contributed by atoms with van der Waals surface area (Å²) in [6.07, 6.45) is 0. The van der Waals surface area contributed by atoms with Crippen LogP contribution in [0.25, 0.3) is 0 Å². The van der Waals surface area contributed by atoms with Crippen LogP contribution in [-0.4, -0.2) is 11.8 Å². The Bertz CT molecular complexity index is 959. The van der Waals surface area contributed by atoms with Gasteiger partial charge in [0.25, 0.3) is 11.8 Å². The molecule has 0 fully saturated rings. The van der Waals surface area contributed by atoms with Gasteiger partial charge in [0.05, 0.1) is 0 Å². The Balaban J connectivity index is 1.77. The minimum absolute atomic E-state index is 0.264. The molecule has 0 atom stereocenters. The lowest BCUT2D eigenvalue weighted by Gasteiger charge is -2.10. The third kappa shape index (κ3) is 4.63. The molecule has 2 N–H and O–H groups in total. The molecular weight excluding hydrogens is 371 g/mol. The fraction of sp³-hybridized carbons (Fsp3) is 0. The van der Waals surface area contributed by atoms with Gasteiger partial charge in [0.15, 0.2) is 0 Å². The molecule has 0 aliphatic heterocycles. The first-order chi connectivity index (χ1) is 12.5. The lowest BCUT2D eigenvalue weighted by atomic mass is 10.2. The molecule has 0 spiro atoms. The van der Waals surface area contributed by atoms with E-state index in [4.69, 9.17) is 23.2 Å². The number of amides is 2. The number of nitrogens with one attached hydrogen (secondary N) is 2. The fourth-order valence-corrected chi connectivity index (χ4v) is 2.79. The molecular formula is C20H14Cl2N2O2. The predicted octanol–water partition coefficient (Wildman–Crippen LogP) is 5.50. The van der Waals surface area contributed by atoms with E-state index in [1.807, 2.05) is 6.07 Å². The third-order valence-electron chi connectivity index (χ3n) is 3.54. The van der Waals surface area contributed by atoms with Crippen LogP contribution in [-0.2, 0) is 0 Å². The van der Waals surface area contributed by atoms with Gasteiger partial charge in [-0.3, -0.25) is 9.59 Å². The highest BCUT2D eigenvalue weighted by Crippen LogP contribution is 2.24. The minimum Gasteiger partial charge on any atom is -0.322 e. The van der Waals surface area contributed by atoms with Crippen molar-refractivity contribution < 1.29 is 9.59 Å². The largest absolute Gasteiger partial charge is 0.322 e. The molecule has 0 saturated heterocycles. The Hall–Kier alpha value is -2.82. The van der Waals surface area contributed by atoms with Crippen molar-refractivity contribution in [3.05, 3.63) is 94.0 Å². The maximum atomic E-state index is 12.3. The first-order valence-electron chi connectivity index (χ1n) is 7.75. The van der Waals surface area contributed by atoms with Crippen molar-refractivity contribution in [2.75, 3.05) is 10.6 Å². The first-order valence-corrected chi connectivity index (χ1v) is 8.51. The fourth-order valence-electron chi connectivity index (χ4n) is 2.36. The van der Waals surface area contributed by atoms with Gasteiger partial charge in [0.2, 0.25) is 0 Å². The normalized spacial score (nSPS) is 10.2. The summed E-state index contributed by atoms with van der Waals surface area (Å²) in [5, 5.41) is 6.37. The number of hydrogen-bond acceptors (Lipinski definition) is 2. The summed E-state index contributed by atoms with van der Waals surface area (Å²) in [7, 11) is 0. The summed E-state index contributed by atoms with van der Waals surface area (Å²) in [5.41, 5.74) is 1.89. The molecule has 4 nitrogen and oxygen atoms in total. The maximum Gasteiger partial charge on any atom is 0.255 e. The van der Waals surface area contributed by atoms with E-state index in [1.165, 1.54) is 0 Å². The van der Waals surface area contributed by atoms with E-state index >= 15 is 0 Å². The van der Waals surface area contributed by atoms with E-state index in [2.05, 4.69) is 10.6 Å². The van der Waals surface area contributed by atoms with Crippen LogP contribution >= 0.6 is 23.2 Å². The molecule has 0 radical (unpaired) electrons. The van der Waals surface area contributed by atoms with Gasteiger partial charge in [-0.25, -0.2) is 0 Å². The second kappa shape index (κ2) is 8.04. The molecule has 26 heavy (non-hydrogen) atoms. The number of benzene rings is 3. The summed E-state index contributed by atoms with van der Waals surface area (Å²) in [6.45, 7) is 0. The maximum absolute atomic E-state index is 12.3. The predicted molar refractivity (Wildman–Crippen MR) is 105 cm³/mol. The molecule has 0 saturated carbocycles. The molecule has 0 unspecified atom stereocenters. The highest BCUT2D eigenvalue weighted by atomic mass is 35.5. The molecule has 0 aliphatic carbocycles. The number of rotatable bonds is 4. The Morgan fingerprint density at radius 3 is 1.81 bits per heavy atom. The molecule has 130 valence electrons. The number of halogens is 2. The van der Waals surface area contributed by atoms with Crippen LogP contribution in [0.15, 0.2) is 72.8 Å². The van der Waals surface area contributed by atoms with Crippen LogP contribution in [0.2, 0.25) is 10.0 Å². The molecule has 0 heterocycles. The lowest BCUT2D eigenvalue weighted by molar-refractivity contribution is 0.101. The summed E-state index contributed by atoms with van der Waals surface area (Å²) >= 11 is 12.0. The monoisotopic (exact) mass is 384 g/mol. The Morgan fingerprint density at radius 2 is 1.19 bits per heavy atom. The van der Waals surface area contributed by atoms with Crippen molar-refractivity contribution in [1.29, 1.82) is 0 Å². The molecule has 3 rings (SSSR count). The molecule has 0 aromatic heterocycles. The topological polar surface area (TPSA) is 58.2 Å². The van der Waals surface area contributed by atoms with Gasteiger partial charge in [-0.05, 0) is 48.5 Å². The smallest absolute Gasteiger partial charge is 0.255 e. The van der Waals surface area contributed by atoms with Crippen LogP contribution in [0, 0.1) is 0 Å². The van der Waals surface area contributed by atoms with Crippen LogP contribution in [0.5, 0.6) is 0 Å². The van der Waals surface area contributed by atoms with Gasteiger partial charge < -0.3 is 10.6 Å². The number of carbonyl (C=O) groups excluding carboxylic acids is 2. The van der Waals surface area contributed by atoms with Crippen molar-refractivity contribution >= 4 is 46.4 Å². The van der Waals surface area contributed by atoms with E-state index in [1.54, 1.807) is 66.7 Å².